The third-order valence-corrected chi connectivity index (χ3v) is 2.12. The quantitative estimate of drug-likeness (QED) is 0.660. The molecule has 2 heteroatoms. The van der Waals surface area contributed by atoms with Crippen molar-refractivity contribution in [1.82, 2.24) is 10.2 Å². The Balaban J connectivity index is 2.28. The van der Waals surface area contributed by atoms with E-state index in [2.05, 4.69) is 17.1 Å². The van der Waals surface area contributed by atoms with Gasteiger partial charge in [0.1, 0.15) is 0 Å². The third-order valence-electron chi connectivity index (χ3n) is 2.12. The number of aromatic nitrogens is 2. The minimum Gasteiger partial charge on any atom is -0.282 e. The molecule has 0 unspecified atom stereocenters. The van der Waals surface area contributed by atoms with Gasteiger partial charge in [-0.05, 0) is 24.8 Å². The van der Waals surface area contributed by atoms with Gasteiger partial charge in [-0.3, -0.25) is 5.10 Å². The molecule has 1 heterocycles. The average Bonchev–Trinajstić information content (AvgIpc) is 2.69. The summed E-state index contributed by atoms with van der Waals surface area (Å²) in [5.41, 5.74) is 2.80. The van der Waals surface area contributed by atoms with Crippen LogP contribution in [0.25, 0.3) is 0 Å². The number of aromatic amines is 1. The fraction of sp³-hybridized carbons (Fsp3) is 0.625. The molecule has 1 saturated carbocycles. The van der Waals surface area contributed by atoms with Gasteiger partial charge in [0.25, 0.3) is 0 Å². The maximum atomic E-state index is 4.03. The Labute approximate surface area is 60.6 Å². The van der Waals surface area contributed by atoms with Crippen LogP contribution in [0.5, 0.6) is 0 Å². The summed E-state index contributed by atoms with van der Waals surface area (Å²) in [5.74, 6) is 0.817. The lowest BCUT2D eigenvalue weighted by Crippen LogP contribution is -1.85. The van der Waals surface area contributed by atoms with Crippen molar-refractivity contribution in [2.24, 2.45) is 0 Å². The Bertz CT molecular complexity index is 223. The van der Waals surface area contributed by atoms with Crippen LogP contribution in [0.2, 0.25) is 0 Å². The zero-order valence-electron chi connectivity index (χ0n) is 6.22. The van der Waals surface area contributed by atoms with Gasteiger partial charge in [-0.1, -0.05) is 6.92 Å². The Morgan fingerprint density at radius 2 is 2.50 bits per heavy atom. The predicted octanol–water partition coefficient (Wildman–Crippen LogP) is 1.85. The van der Waals surface area contributed by atoms with Gasteiger partial charge in [0.05, 0.1) is 6.20 Å². The smallest absolute Gasteiger partial charge is 0.0522 e. The highest BCUT2D eigenvalue weighted by Crippen LogP contribution is 2.40. The van der Waals surface area contributed by atoms with E-state index in [0.717, 1.165) is 12.3 Å². The second-order valence-corrected chi connectivity index (χ2v) is 2.94. The van der Waals surface area contributed by atoms with E-state index in [-0.39, 0.29) is 0 Å². The highest BCUT2D eigenvalue weighted by Gasteiger charge is 2.26. The molecule has 54 valence electrons. The fourth-order valence-corrected chi connectivity index (χ4v) is 1.33. The number of H-pyrrole nitrogens is 1. The van der Waals surface area contributed by atoms with E-state index in [4.69, 9.17) is 0 Å². The highest BCUT2D eigenvalue weighted by molar-refractivity contribution is 5.23. The van der Waals surface area contributed by atoms with Gasteiger partial charge in [-0.25, -0.2) is 0 Å². The average molecular weight is 136 g/mol. The molecular formula is C8H12N2. The fourth-order valence-electron chi connectivity index (χ4n) is 1.33. The molecule has 1 aromatic heterocycles. The summed E-state index contributed by atoms with van der Waals surface area (Å²) in [7, 11) is 0. The van der Waals surface area contributed by atoms with E-state index < -0.39 is 0 Å². The van der Waals surface area contributed by atoms with E-state index in [1.807, 2.05) is 6.20 Å². The lowest BCUT2D eigenvalue weighted by molar-refractivity contribution is 0.946. The van der Waals surface area contributed by atoms with Gasteiger partial charge in [0.2, 0.25) is 0 Å². The van der Waals surface area contributed by atoms with E-state index in [0.29, 0.717) is 0 Å². The third kappa shape index (κ3) is 0.838. The molecular weight excluding hydrogens is 124 g/mol. The molecule has 2 nitrogen and oxygen atoms in total. The van der Waals surface area contributed by atoms with Crippen molar-refractivity contribution in [2.75, 3.05) is 0 Å². The van der Waals surface area contributed by atoms with Crippen molar-refractivity contribution in [3.63, 3.8) is 0 Å². The number of aryl methyl sites for hydroxylation is 1. The van der Waals surface area contributed by atoms with Crippen molar-refractivity contribution in [3.8, 4) is 0 Å². The minimum absolute atomic E-state index is 0.817. The molecule has 1 aliphatic carbocycles. The molecule has 0 amide bonds. The zero-order valence-corrected chi connectivity index (χ0v) is 6.22. The first-order valence-corrected chi connectivity index (χ1v) is 3.94. The maximum absolute atomic E-state index is 4.03. The normalized spacial score (nSPS) is 17.7. The first-order chi connectivity index (χ1) is 4.92. The van der Waals surface area contributed by atoms with Crippen molar-refractivity contribution in [2.45, 2.75) is 32.1 Å². The summed E-state index contributed by atoms with van der Waals surface area (Å²) >= 11 is 0. The molecule has 0 bridgehead atoms. The van der Waals surface area contributed by atoms with E-state index in [1.54, 1.807) is 0 Å². The summed E-state index contributed by atoms with van der Waals surface area (Å²) in [5, 5.41) is 7.10. The molecule has 2 rings (SSSR count). The van der Waals surface area contributed by atoms with Crippen LogP contribution in [-0.2, 0) is 6.42 Å². The number of hydrogen-bond acceptors (Lipinski definition) is 1. The Morgan fingerprint density at radius 1 is 1.70 bits per heavy atom. The second-order valence-electron chi connectivity index (χ2n) is 2.94. The number of nitrogens with zero attached hydrogens (tertiary/aromatic N) is 1. The van der Waals surface area contributed by atoms with Crippen molar-refractivity contribution in [3.05, 3.63) is 17.5 Å². The Kier molecular flexibility index (Phi) is 1.26. The molecule has 0 aliphatic heterocycles. The number of rotatable bonds is 2. The lowest BCUT2D eigenvalue weighted by atomic mass is 10.1. The van der Waals surface area contributed by atoms with Gasteiger partial charge < -0.3 is 0 Å². The maximum Gasteiger partial charge on any atom is 0.0522 e. The molecule has 1 fully saturated rings. The summed E-state index contributed by atoms with van der Waals surface area (Å²) < 4.78 is 0. The summed E-state index contributed by atoms with van der Waals surface area (Å²) in [4.78, 5) is 0. The molecule has 10 heavy (non-hydrogen) atoms. The van der Waals surface area contributed by atoms with Crippen LogP contribution in [0.4, 0.5) is 0 Å². The predicted molar refractivity (Wildman–Crippen MR) is 39.9 cm³/mol. The molecule has 1 aromatic rings. The first kappa shape index (κ1) is 5.96. The molecule has 0 atom stereocenters. The SMILES string of the molecule is CCc1cn[nH]c1C1CC1. The molecule has 0 spiro atoms. The summed E-state index contributed by atoms with van der Waals surface area (Å²) in [6.45, 7) is 2.18. The number of nitrogens with one attached hydrogen (secondary N) is 1. The zero-order chi connectivity index (χ0) is 6.97. The summed E-state index contributed by atoms with van der Waals surface area (Å²) in [6.07, 6.45) is 5.78. The van der Waals surface area contributed by atoms with Gasteiger partial charge >= 0.3 is 0 Å². The second kappa shape index (κ2) is 2.11. The first-order valence-electron chi connectivity index (χ1n) is 3.94. The Hall–Kier alpha value is -0.790. The van der Waals surface area contributed by atoms with Crippen LogP contribution in [0.1, 0.15) is 36.9 Å². The van der Waals surface area contributed by atoms with Gasteiger partial charge in [-0.15, -0.1) is 0 Å². The minimum atomic E-state index is 0.817. The standard InChI is InChI=1S/C8H12N2/c1-2-6-5-9-10-8(6)7-3-4-7/h5,7H,2-4H2,1H3,(H,9,10). The monoisotopic (exact) mass is 136 g/mol. The number of hydrogen-bond donors (Lipinski definition) is 1. The van der Waals surface area contributed by atoms with Crippen LogP contribution < -0.4 is 0 Å². The van der Waals surface area contributed by atoms with E-state index in [9.17, 15) is 0 Å². The van der Waals surface area contributed by atoms with Gasteiger partial charge in [-0.2, -0.15) is 5.10 Å². The Morgan fingerprint density at radius 3 is 3.10 bits per heavy atom. The highest BCUT2D eigenvalue weighted by atomic mass is 15.1. The molecule has 1 N–H and O–H groups in total. The lowest BCUT2D eigenvalue weighted by Gasteiger charge is -1.94. The van der Waals surface area contributed by atoms with Crippen LogP contribution in [-0.4, -0.2) is 10.2 Å². The van der Waals surface area contributed by atoms with Gasteiger partial charge in [0, 0.05) is 11.6 Å². The molecule has 0 radical (unpaired) electrons. The van der Waals surface area contributed by atoms with E-state index in [1.165, 1.54) is 24.1 Å². The van der Waals surface area contributed by atoms with E-state index >= 15 is 0 Å². The topological polar surface area (TPSA) is 28.7 Å². The van der Waals surface area contributed by atoms with Crippen molar-refractivity contribution in [1.29, 1.82) is 0 Å². The van der Waals surface area contributed by atoms with Crippen molar-refractivity contribution < 1.29 is 0 Å². The van der Waals surface area contributed by atoms with Gasteiger partial charge in [0.15, 0.2) is 0 Å². The van der Waals surface area contributed by atoms with Crippen LogP contribution in [0.3, 0.4) is 0 Å². The molecule has 0 aromatic carbocycles. The van der Waals surface area contributed by atoms with Crippen LogP contribution >= 0.6 is 0 Å². The van der Waals surface area contributed by atoms with Crippen molar-refractivity contribution >= 4 is 0 Å². The summed E-state index contributed by atoms with van der Waals surface area (Å²) in [6, 6.07) is 0. The van der Waals surface area contributed by atoms with Crippen LogP contribution in [0.15, 0.2) is 6.20 Å². The molecule has 0 saturated heterocycles. The molecule has 1 aliphatic rings. The largest absolute Gasteiger partial charge is 0.282 e. The van der Waals surface area contributed by atoms with Crippen LogP contribution in [0, 0.1) is 0 Å².